The van der Waals surface area contributed by atoms with Crippen molar-refractivity contribution in [1.29, 1.82) is 0 Å². The minimum Gasteiger partial charge on any atom is -0.493 e. The van der Waals surface area contributed by atoms with Crippen LogP contribution < -0.4 is 15.4 Å². The molecular weight excluding hydrogens is 483 g/mol. The molecule has 0 radical (unpaired) electrons. The standard InChI is InChI=1S/C21H28N4O3.HI/c1-15(18-14-28-19-9-5-4-8-17(18)19)24-21(23-13-20(26)25(2)3)22-11-10-16-7-6-12-27-16;/h4-9,12,15,18H,10-11,13-14H2,1-3H3,(H2,22,23,24);1H. The number of nitrogens with zero attached hydrogens (tertiary/aromatic N) is 2. The van der Waals surface area contributed by atoms with Crippen LogP contribution in [0.2, 0.25) is 0 Å². The summed E-state index contributed by atoms with van der Waals surface area (Å²) in [7, 11) is 3.45. The molecule has 158 valence electrons. The molecule has 0 bridgehead atoms. The van der Waals surface area contributed by atoms with E-state index in [4.69, 9.17) is 9.15 Å². The number of rotatable bonds is 7. The molecule has 0 saturated carbocycles. The second kappa shape index (κ2) is 11.1. The summed E-state index contributed by atoms with van der Waals surface area (Å²) in [4.78, 5) is 17.9. The molecule has 2 heterocycles. The highest BCUT2D eigenvalue weighted by Crippen LogP contribution is 2.35. The lowest BCUT2D eigenvalue weighted by molar-refractivity contribution is -0.127. The molecule has 0 fully saturated rings. The quantitative estimate of drug-likeness (QED) is 0.339. The second-order valence-electron chi connectivity index (χ2n) is 7.10. The lowest BCUT2D eigenvalue weighted by Crippen LogP contribution is -2.46. The number of halogens is 1. The van der Waals surface area contributed by atoms with Crippen molar-refractivity contribution >= 4 is 35.8 Å². The van der Waals surface area contributed by atoms with Crippen LogP contribution in [0.4, 0.5) is 0 Å². The summed E-state index contributed by atoms with van der Waals surface area (Å²) in [5, 5.41) is 6.73. The number of likely N-dealkylation sites (N-methyl/N-ethyl adjacent to an activating group) is 1. The summed E-state index contributed by atoms with van der Waals surface area (Å²) in [5.74, 6) is 2.63. The molecule has 3 rings (SSSR count). The van der Waals surface area contributed by atoms with E-state index in [1.807, 2.05) is 30.3 Å². The van der Waals surface area contributed by atoms with E-state index in [-0.39, 0.29) is 48.4 Å². The van der Waals surface area contributed by atoms with Crippen LogP contribution in [-0.2, 0) is 11.2 Å². The van der Waals surface area contributed by atoms with Crippen molar-refractivity contribution < 1.29 is 13.9 Å². The zero-order chi connectivity index (χ0) is 19.9. The highest BCUT2D eigenvalue weighted by molar-refractivity contribution is 14.0. The van der Waals surface area contributed by atoms with Crippen LogP contribution in [0.1, 0.15) is 24.2 Å². The molecule has 7 nitrogen and oxygen atoms in total. The summed E-state index contributed by atoms with van der Waals surface area (Å²) < 4.78 is 11.2. The van der Waals surface area contributed by atoms with Crippen molar-refractivity contribution in [3.8, 4) is 5.75 Å². The van der Waals surface area contributed by atoms with Gasteiger partial charge in [0.15, 0.2) is 5.96 Å². The van der Waals surface area contributed by atoms with Crippen LogP contribution in [-0.4, -0.2) is 56.6 Å². The predicted molar refractivity (Wildman–Crippen MR) is 124 cm³/mol. The minimum atomic E-state index is -0.0469. The summed E-state index contributed by atoms with van der Waals surface area (Å²) in [5.41, 5.74) is 1.20. The zero-order valence-corrected chi connectivity index (χ0v) is 19.4. The Bertz CT molecular complexity index is 808. The molecule has 0 saturated heterocycles. The average molecular weight is 512 g/mol. The first kappa shape index (κ1) is 23.1. The Kier molecular flexibility index (Phi) is 8.81. The van der Waals surface area contributed by atoms with Crippen molar-refractivity contribution in [1.82, 2.24) is 15.5 Å². The number of aliphatic imine (C=N–C) groups is 1. The van der Waals surface area contributed by atoms with Crippen LogP contribution in [0.5, 0.6) is 5.75 Å². The molecule has 2 N–H and O–H groups in total. The topological polar surface area (TPSA) is 79.1 Å². The monoisotopic (exact) mass is 512 g/mol. The van der Waals surface area contributed by atoms with Gasteiger partial charge < -0.3 is 24.7 Å². The lowest BCUT2D eigenvalue weighted by Gasteiger charge is -2.23. The molecule has 2 atom stereocenters. The van der Waals surface area contributed by atoms with E-state index in [1.165, 1.54) is 10.5 Å². The molecule has 2 unspecified atom stereocenters. The molecule has 2 aromatic rings. The van der Waals surface area contributed by atoms with Crippen molar-refractivity contribution in [3.05, 3.63) is 54.0 Å². The molecule has 8 heteroatoms. The molecule has 1 aromatic carbocycles. The van der Waals surface area contributed by atoms with E-state index in [2.05, 4.69) is 28.6 Å². The minimum absolute atomic E-state index is 0. The normalized spacial score (nSPS) is 16.2. The number of furan rings is 1. The first-order valence-corrected chi connectivity index (χ1v) is 9.53. The van der Waals surface area contributed by atoms with E-state index < -0.39 is 0 Å². The smallest absolute Gasteiger partial charge is 0.243 e. The van der Waals surface area contributed by atoms with Crippen LogP contribution >= 0.6 is 24.0 Å². The number of nitrogens with one attached hydrogen (secondary N) is 2. The van der Waals surface area contributed by atoms with Gasteiger partial charge in [-0.25, -0.2) is 4.99 Å². The number of carbonyl (C=O) groups is 1. The molecule has 1 aromatic heterocycles. The summed E-state index contributed by atoms with van der Waals surface area (Å²) in [6.07, 6.45) is 2.40. The van der Waals surface area contributed by atoms with E-state index >= 15 is 0 Å². The van der Waals surface area contributed by atoms with Gasteiger partial charge in [0.2, 0.25) is 5.91 Å². The number of carbonyl (C=O) groups excluding carboxylic acids is 1. The predicted octanol–water partition coefficient (Wildman–Crippen LogP) is 2.63. The fourth-order valence-electron chi connectivity index (χ4n) is 3.12. The Labute approximate surface area is 188 Å². The third-order valence-corrected chi connectivity index (χ3v) is 4.82. The first-order valence-electron chi connectivity index (χ1n) is 9.53. The fraction of sp³-hybridized carbons (Fsp3) is 0.429. The highest BCUT2D eigenvalue weighted by atomic mass is 127. The first-order chi connectivity index (χ1) is 13.5. The summed E-state index contributed by atoms with van der Waals surface area (Å²) in [6, 6.07) is 12.0. The third-order valence-electron chi connectivity index (χ3n) is 4.82. The Morgan fingerprint density at radius 2 is 2.07 bits per heavy atom. The largest absolute Gasteiger partial charge is 0.493 e. The Balaban J connectivity index is 0.00000300. The Morgan fingerprint density at radius 1 is 1.28 bits per heavy atom. The molecule has 1 aliphatic heterocycles. The number of benzene rings is 1. The van der Waals surface area contributed by atoms with E-state index in [0.29, 0.717) is 19.1 Å². The molecule has 1 amide bonds. The van der Waals surface area contributed by atoms with Gasteiger partial charge in [-0.3, -0.25) is 4.79 Å². The summed E-state index contributed by atoms with van der Waals surface area (Å²) in [6.45, 7) is 3.48. The average Bonchev–Trinajstić information content (AvgIpc) is 3.35. The van der Waals surface area contributed by atoms with Crippen molar-refractivity contribution in [2.75, 3.05) is 33.8 Å². The molecule has 29 heavy (non-hydrogen) atoms. The zero-order valence-electron chi connectivity index (χ0n) is 17.1. The SMILES string of the molecule is CC(NC(=NCC(=O)N(C)C)NCCc1ccco1)C1COc2ccccc21.I. The number of fused-ring (bicyclic) bond motifs is 1. The molecule has 0 aliphatic carbocycles. The van der Waals surface area contributed by atoms with E-state index in [0.717, 1.165) is 17.9 Å². The van der Waals surface area contributed by atoms with E-state index in [9.17, 15) is 4.79 Å². The number of para-hydroxylation sites is 1. The molecular formula is C21H29IN4O3. The highest BCUT2D eigenvalue weighted by Gasteiger charge is 2.29. The number of hydrogen-bond acceptors (Lipinski definition) is 4. The maximum atomic E-state index is 11.9. The maximum Gasteiger partial charge on any atom is 0.243 e. The van der Waals surface area contributed by atoms with Gasteiger partial charge in [0.25, 0.3) is 0 Å². The second-order valence-corrected chi connectivity index (χ2v) is 7.10. The number of guanidine groups is 1. The van der Waals surface area contributed by atoms with Gasteiger partial charge in [-0.05, 0) is 25.1 Å². The van der Waals surface area contributed by atoms with Crippen LogP contribution in [0.25, 0.3) is 0 Å². The Hall–Kier alpha value is -2.23. The summed E-state index contributed by atoms with van der Waals surface area (Å²) >= 11 is 0. The van der Waals surface area contributed by atoms with Crippen molar-refractivity contribution in [3.63, 3.8) is 0 Å². The van der Waals surface area contributed by atoms with Gasteiger partial charge in [0.1, 0.15) is 18.1 Å². The van der Waals surface area contributed by atoms with Gasteiger partial charge in [-0.1, -0.05) is 18.2 Å². The lowest BCUT2D eigenvalue weighted by atomic mass is 9.94. The number of ether oxygens (including phenoxy) is 1. The molecule has 1 aliphatic rings. The number of hydrogen-bond donors (Lipinski definition) is 2. The van der Waals surface area contributed by atoms with Crippen LogP contribution in [0, 0.1) is 0 Å². The van der Waals surface area contributed by atoms with Crippen molar-refractivity contribution in [2.45, 2.75) is 25.3 Å². The van der Waals surface area contributed by atoms with E-state index in [1.54, 1.807) is 20.4 Å². The van der Waals surface area contributed by atoms with Gasteiger partial charge in [0.05, 0.1) is 12.9 Å². The van der Waals surface area contributed by atoms with Crippen LogP contribution in [0.15, 0.2) is 52.1 Å². The van der Waals surface area contributed by atoms with Gasteiger partial charge in [-0.2, -0.15) is 0 Å². The van der Waals surface area contributed by atoms with Gasteiger partial charge >= 0.3 is 0 Å². The Morgan fingerprint density at radius 3 is 2.79 bits per heavy atom. The maximum absolute atomic E-state index is 11.9. The fourth-order valence-corrected chi connectivity index (χ4v) is 3.12. The van der Waals surface area contributed by atoms with Gasteiger partial charge in [0, 0.05) is 44.6 Å². The third kappa shape index (κ3) is 6.38. The van der Waals surface area contributed by atoms with Crippen molar-refractivity contribution in [2.24, 2.45) is 4.99 Å². The van der Waals surface area contributed by atoms with Crippen LogP contribution in [0.3, 0.4) is 0 Å². The van der Waals surface area contributed by atoms with Gasteiger partial charge in [-0.15, -0.1) is 24.0 Å². The number of amides is 1. The molecule has 0 spiro atoms.